The summed E-state index contributed by atoms with van der Waals surface area (Å²) in [6.07, 6.45) is 5.61. The molecule has 3 aromatic carbocycles. The van der Waals surface area contributed by atoms with E-state index in [4.69, 9.17) is 0 Å². The van der Waals surface area contributed by atoms with Gasteiger partial charge in [0.25, 0.3) is 0 Å². The van der Waals surface area contributed by atoms with Gasteiger partial charge in [0, 0.05) is 0 Å². The quantitative estimate of drug-likeness (QED) is 0.456. The summed E-state index contributed by atoms with van der Waals surface area (Å²) < 4.78 is 0. The fourth-order valence-corrected chi connectivity index (χ4v) is 4.55. The summed E-state index contributed by atoms with van der Waals surface area (Å²) in [6.45, 7) is 9.03. The summed E-state index contributed by atoms with van der Waals surface area (Å²) in [7, 11) is 0. The third kappa shape index (κ3) is 2.77. The van der Waals surface area contributed by atoms with Crippen molar-refractivity contribution < 1.29 is 0 Å². The lowest BCUT2D eigenvalue weighted by Crippen LogP contribution is -2.28. The molecule has 0 radical (unpaired) electrons. The summed E-state index contributed by atoms with van der Waals surface area (Å²) in [5, 5.41) is 0. The minimum atomic E-state index is -0.364. The molecule has 0 saturated carbocycles. The van der Waals surface area contributed by atoms with Gasteiger partial charge >= 0.3 is 0 Å². The van der Waals surface area contributed by atoms with E-state index >= 15 is 0 Å². The molecule has 1 aliphatic rings. The van der Waals surface area contributed by atoms with Crippen LogP contribution in [0.5, 0.6) is 0 Å². The van der Waals surface area contributed by atoms with Gasteiger partial charge in [-0.15, -0.1) is 0 Å². The smallest absolute Gasteiger partial charge is 0.0707 e. The van der Waals surface area contributed by atoms with Crippen LogP contribution in [0.3, 0.4) is 0 Å². The van der Waals surface area contributed by atoms with E-state index in [0.717, 1.165) is 12.0 Å². The Labute approximate surface area is 168 Å². The van der Waals surface area contributed by atoms with Gasteiger partial charge in [-0.3, -0.25) is 0 Å². The van der Waals surface area contributed by atoms with Gasteiger partial charge in [0.15, 0.2) is 0 Å². The van der Waals surface area contributed by atoms with Gasteiger partial charge < -0.3 is 0 Å². The zero-order valence-corrected chi connectivity index (χ0v) is 16.7. The van der Waals surface area contributed by atoms with Gasteiger partial charge in [-0.05, 0) is 46.7 Å². The van der Waals surface area contributed by atoms with Crippen molar-refractivity contribution in [2.45, 2.75) is 25.7 Å². The molecule has 1 aliphatic carbocycles. The van der Waals surface area contributed by atoms with Crippen LogP contribution in [-0.2, 0) is 5.41 Å². The highest BCUT2D eigenvalue weighted by molar-refractivity contribution is 5.94. The van der Waals surface area contributed by atoms with Crippen molar-refractivity contribution in [2.75, 3.05) is 0 Å². The normalized spacial score (nSPS) is 17.0. The zero-order valence-electron chi connectivity index (χ0n) is 16.7. The van der Waals surface area contributed by atoms with Crippen molar-refractivity contribution in [1.82, 2.24) is 0 Å². The molecule has 138 valence electrons. The summed E-state index contributed by atoms with van der Waals surface area (Å²) in [6, 6.07) is 30.3. The number of hydrogen-bond donors (Lipinski definition) is 0. The molecule has 3 aromatic rings. The molecule has 0 bridgehead atoms. The molecule has 0 spiro atoms. The zero-order chi connectivity index (χ0) is 19.6. The van der Waals surface area contributed by atoms with Crippen LogP contribution < -0.4 is 0 Å². The van der Waals surface area contributed by atoms with E-state index in [1.54, 1.807) is 0 Å². The molecule has 0 heteroatoms. The van der Waals surface area contributed by atoms with Crippen LogP contribution in [0.1, 0.15) is 42.5 Å². The number of allylic oxidation sites excluding steroid dienone is 5. The van der Waals surface area contributed by atoms with E-state index in [-0.39, 0.29) is 5.41 Å². The second-order valence-electron chi connectivity index (χ2n) is 7.42. The van der Waals surface area contributed by atoms with Crippen molar-refractivity contribution in [3.05, 3.63) is 137 Å². The highest BCUT2D eigenvalue weighted by Gasteiger charge is 2.46. The van der Waals surface area contributed by atoms with Crippen molar-refractivity contribution in [3.63, 3.8) is 0 Å². The largest absolute Gasteiger partial charge is 0.0936 e. The molecular weight excluding hydrogens is 336 g/mol. The highest BCUT2D eigenvalue weighted by atomic mass is 14.5. The second kappa shape index (κ2) is 7.48. The Balaban J connectivity index is 2.08. The van der Waals surface area contributed by atoms with Crippen LogP contribution in [0, 0.1) is 0 Å². The van der Waals surface area contributed by atoms with E-state index in [1.165, 1.54) is 33.4 Å². The minimum absolute atomic E-state index is 0.364. The van der Waals surface area contributed by atoms with Crippen molar-refractivity contribution in [3.8, 4) is 0 Å². The van der Waals surface area contributed by atoms with E-state index in [0.29, 0.717) is 0 Å². The number of fused-ring (bicyclic) bond motifs is 1. The molecule has 4 rings (SSSR count). The molecule has 0 aliphatic heterocycles. The third-order valence-corrected chi connectivity index (χ3v) is 5.71. The summed E-state index contributed by atoms with van der Waals surface area (Å²) in [4.78, 5) is 0. The lowest BCUT2D eigenvalue weighted by molar-refractivity contribution is 0.772. The summed E-state index contributed by atoms with van der Waals surface area (Å²) in [5.41, 5.74) is 8.43. The average Bonchev–Trinajstić information content (AvgIpc) is 2.98. The van der Waals surface area contributed by atoms with Gasteiger partial charge in [-0.25, -0.2) is 0 Å². The molecule has 0 aromatic heterocycles. The molecule has 0 N–H and O–H groups in total. The number of benzene rings is 3. The summed E-state index contributed by atoms with van der Waals surface area (Å²) >= 11 is 0. The minimum Gasteiger partial charge on any atom is -0.0936 e. The van der Waals surface area contributed by atoms with Crippen molar-refractivity contribution >= 4 is 5.57 Å². The maximum atomic E-state index is 4.67. The van der Waals surface area contributed by atoms with Crippen LogP contribution in [0.15, 0.2) is 115 Å². The van der Waals surface area contributed by atoms with Crippen LogP contribution >= 0.6 is 0 Å². The average molecular weight is 363 g/mol. The lowest BCUT2D eigenvalue weighted by Gasteiger charge is -2.33. The van der Waals surface area contributed by atoms with Crippen LogP contribution in [-0.4, -0.2) is 0 Å². The molecule has 28 heavy (non-hydrogen) atoms. The van der Waals surface area contributed by atoms with Crippen LogP contribution in [0.2, 0.25) is 0 Å². The number of rotatable bonds is 4. The van der Waals surface area contributed by atoms with Gasteiger partial charge in [0.05, 0.1) is 5.41 Å². The van der Waals surface area contributed by atoms with Gasteiger partial charge in [-0.1, -0.05) is 116 Å². The fourth-order valence-electron chi connectivity index (χ4n) is 4.55. The first-order valence-corrected chi connectivity index (χ1v) is 9.98. The molecule has 0 amide bonds. The van der Waals surface area contributed by atoms with Crippen LogP contribution in [0.25, 0.3) is 5.57 Å². The Kier molecular flexibility index (Phi) is 4.88. The first-order chi connectivity index (χ1) is 13.7. The first-order valence-electron chi connectivity index (χ1n) is 9.98. The monoisotopic (exact) mass is 362 g/mol. The van der Waals surface area contributed by atoms with Gasteiger partial charge in [0.2, 0.25) is 0 Å². The SMILES string of the molecule is C=C1C(=CC(C)=CCC)c2ccccc2C1(c1ccccc1)c1ccccc1. The molecular formula is C28H26. The highest BCUT2D eigenvalue weighted by Crippen LogP contribution is 2.56. The molecule has 0 fully saturated rings. The Morgan fingerprint density at radius 2 is 1.36 bits per heavy atom. The molecule has 0 unspecified atom stereocenters. The first kappa shape index (κ1) is 18.3. The molecule has 0 saturated heterocycles. The topological polar surface area (TPSA) is 0 Å². The predicted molar refractivity (Wildman–Crippen MR) is 120 cm³/mol. The van der Waals surface area contributed by atoms with Gasteiger partial charge in [0.1, 0.15) is 0 Å². The maximum Gasteiger partial charge on any atom is 0.0707 e. The van der Waals surface area contributed by atoms with E-state index < -0.39 is 0 Å². The molecule has 0 heterocycles. The Bertz CT molecular complexity index is 1010. The Hall–Kier alpha value is -3.12. The van der Waals surface area contributed by atoms with Crippen molar-refractivity contribution in [1.29, 1.82) is 0 Å². The Morgan fingerprint density at radius 3 is 1.93 bits per heavy atom. The molecule has 0 atom stereocenters. The standard InChI is InChI=1S/C28H26/c1-4-13-21(2)20-26-22(3)28(23-14-7-5-8-15-23,24-16-9-6-10-17-24)27-19-12-11-18-25(26)27/h5-20H,3-4H2,1-2H3. The van der Waals surface area contributed by atoms with E-state index in [2.05, 4.69) is 118 Å². The van der Waals surface area contributed by atoms with E-state index in [1.807, 2.05) is 0 Å². The maximum absolute atomic E-state index is 4.67. The van der Waals surface area contributed by atoms with E-state index in [9.17, 15) is 0 Å². The van der Waals surface area contributed by atoms with Crippen LogP contribution in [0.4, 0.5) is 0 Å². The number of hydrogen-bond acceptors (Lipinski definition) is 0. The lowest BCUT2D eigenvalue weighted by atomic mass is 9.68. The third-order valence-electron chi connectivity index (χ3n) is 5.71. The molecule has 0 nitrogen and oxygen atoms in total. The summed E-state index contributed by atoms with van der Waals surface area (Å²) in [5.74, 6) is 0. The fraction of sp³-hybridized carbons (Fsp3) is 0.143. The Morgan fingerprint density at radius 1 is 0.821 bits per heavy atom. The van der Waals surface area contributed by atoms with Crippen molar-refractivity contribution in [2.24, 2.45) is 0 Å². The second-order valence-corrected chi connectivity index (χ2v) is 7.42. The van der Waals surface area contributed by atoms with Gasteiger partial charge in [-0.2, -0.15) is 0 Å². The predicted octanol–water partition coefficient (Wildman–Crippen LogP) is 7.33.